The molecule has 2 aliphatic rings. The minimum Gasteiger partial charge on any atom is -0.394 e. The van der Waals surface area contributed by atoms with Crippen LogP contribution in [0, 0.1) is 0 Å². The molecule has 106 valence electrons. The predicted molar refractivity (Wildman–Crippen MR) is 62.3 cm³/mol. The fraction of sp³-hybridized carbons (Fsp3) is 1.00. The Hall–Kier alpha value is -0.280. The normalized spacial score (nSPS) is 47.2. The van der Waals surface area contributed by atoms with Gasteiger partial charge in [-0.2, -0.15) is 0 Å². The Labute approximate surface area is 106 Å². The summed E-state index contributed by atoms with van der Waals surface area (Å²) in [6.45, 7) is 0.862. The van der Waals surface area contributed by atoms with Crippen LogP contribution in [0.5, 0.6) is 0 Å². The highest BCUT2D eigenvalue weighted by atomic mass is 16.6. The molecule has 6 N–H and O–H groups in total. The summed E-state index contributed by atoms with van der Waals surface area (Å²) in [6.07, 6.45) is -2.19. The van der Waals surface area contributed by atoms with Crippen LogP contribution < -0.4 is 5.73 Å². The van der Waals surface area contributed by atoms with Crippen LogP contribution in [0.15, 0.2) is 0 Å². The standard InChI is InChI=1S/C11H22N2O5/c12-11(13-4-2-1-3-5-13)10(17)9(16)8(15)7(6-14)18-11/h7-10,14-17H,1-6,12H2/t7-,8-,9+,10-,11?/m1/s1. The number of aliphatic hydroxyl groups excluding tert-OH is 4. The molecule has 2 heterocycles. The molecule has 2 aliphatic heterocycles. The number of nitrogens with two attached hydrogens (primary N) is 1. The van der Waals surface area contributed by atoms with Crippen LogP contribution >= 0.6 is 0 Å². The molecule has 0 saturated carbocycles. The Morgan fingerprint density at radius 3 is 2.28 bits per heavy atom. The lowest BCUT2D eigenvalue weighted by Crippen LogP contribution is -2.75. The maximum absolute atomic E-state index is 10.0. The molecular weight excluding hydrogens is 240 g/mol. The molecule has 0 aliphatic carbocycles. The van der Waals surface area contributed by atoms with Gasteiger partial charge in [0.1, 0.15) is 24.4 Å². The lowest BCUT2D eigenvalue weighted by Gasteiger charge is -2.52. The smallest absolute Gasteiger partial charge is 0.204 e. The molecule has 0 aromatic carbocycles. The molecule has 2 fully saturated rings. The van der Waals surface area contributed by atoms with E-state index in [9.17, 15) is 15.3 Å². The first-order valence-electron chi connectivity index (χ1n) is 6.37. The quantitative estimate of drug-likeness (QED) is 0.375. The van der Waals surface area contributed by atoms with E-state index in [0.29, 0.717) is 13.1 Å². The largest absolute Gasteiger partial charge is 0.394 e. The number of likely N-dealkylation sites (tertiary alicyclic amines) is 1. The Balaban J connectivity index is 2.18. The fourth-order valence-corrected chi connectivity index (χ4v) is 2.68. The highest BCUT2D eigenvalue weighted by molar-refractivity contribution is 4.98. The molecule has 18 heavy (non-hydrogen) atoms. The average Bonchev–Trinajstić information content (AvgIpc) is 2.41. The van der Waals surface area contributed by atoms with Gasteiger partial charge in [0, 0.05) is 13.1 Å². The first-order chi connectivity index (χ1) is 8.50. The molecule has 7 nitrogen and oxygen atoms in total. The van der Waals surface area contributed by atoms with Gasteiger partial charge in [-0.25, -0.2) is 0 Å². The predicted octanol–water partition coefficient (Wildman–Crippen LogP) is -2.44. The molecule has 7 heteroatoms. The number of piperidine rings is 1. The van der Waals surface area contributed by atoms with E-state index < -0.39 is 36.9 Å². The van der Waals surface area contributed by atoms with Gasteiger partial charge in [0.25, 0.3) is 0 Å². The summed E-state index contributed by atoms with van der Waals surface area (Å²) in [4.78, 5) is 1.76. The van der Waals surface area contributed by atoms with Crippen LogP contribution in [0.2, 0.25) is 0 Å². The zero-order valence-corrected chi connectivity index (χ0v) is 10.3. The summed E-state index contributed by atoms with van der Waals surface area (Å²) in [5.41, 5.74) is 6.07. The van der Waals surface area contributed by atoms with Crippen molar-refractivity contribution in [2.24, 2.45) is 5.73 Å². The molecule has 0 radical (unpaired) electrons. The van der Waals surface area contributed by atoms with Gasteiger partial charge in [0.15, 0.2) is 0 Å². The van der Waals surface area contributed by atoms with Gasteiger partial charge >= 0.3 is 0 Å². The van der Waals surface area contributed by atoms with E-state index in [-0.39, 0.29) is 0 Å². The third-order valence-corrected chi connectivity index (χ3v) is 3.85. The summed E-state index contributed by atoms with van der Waals surface area (Å²) in [5, 5.41) is 38.7. The Morgan fingerprint density at radius 1 is 1.11 bits per heavy atom. The second-order valence-electron chi connectivity index (χ2n) is 5.06. The van der Waals surface area contributed by atoms with Crippen molar-refractivity contribution in [3.8, 4) is 0 Å². The Morgan fingerprint density at radius 2 is 1.72 bits per heavy atom. The summed E-state index contributed by atoms with van der Waals surface area (Å²) >= 11 is 0. The lowest BCUT2D eigenvalue weighted by atomic mass is 9.93. The van der Waals surface area contributed by atoms with Crippen LogP contribution in [-0.2, 0) is 4.74 Å². The van der Waals surface area contributed by atoms with Crippen molar-refractivity contribution in [3.05, 3.63) is 0 Å². The molecule has 0 aromatic rings. The van der Waals surface area contributed by atoms with Crippen molar-refractivity contribution in [2.75, 3.05) is 19.7 Å². The van der Waals surface area contributed by atoms with Crippen LogP contribution in [0.1, 0.15) is 19.3 Å². The molecule has 5 atom stereocenters. The SMILES string of the molecule is NC1(N2CCCCC2)O[C@H](CO)[C@@H](O)[C@H](O)[C@H]1O. The van der Waals surface area contributed by atoms with E-state index >= 15 is 0 Å². The second kappa shape index (κ2) is 5.38. The van der Waals surface area contributed by atoms with Crippen LogP contribution in [0.25, 0.3) is 0 Å². The number of hydrogen-bond acceptors (Lipinski definition) is 7. The highest BCUT2D eigenvalue weighted by Gasteiger charge is 2.54. The van der Waals surface area contributed by atoms with Gasteiger partial charge in [-0.1, -0.05) is 6.42 Å². The molecule has 2 rings (SSSR count). The highest BCUT2D eigenvalue weighted by Crippen LogP contribution is 2.31. The Kier molecular flexibility index (Phi) is 4.22. The summed E-state index contributed by atoms with van der Waals surface area (Å²) in [7, 11) is 0. The molecule has 0 bridgehead atoms. The minimum atomic E-state index is -1.55. The maximum atomic E-state index is 10.0. The third kappa shape index (κ3) is 2.27. The Bertz CT molecular complexity index is 281. The average molecular weight is 262 g/mol. The number of nitrogens with zero attached hydrogens (tertiary/aromatic N) is 1. The number of hydrogen-bond donors (Lipinski definition) is 5. The fourth-order valence-electron chi connectivity index (χ4n) is 2.68. The van der Waals surface area contributed by atoms with Crippen molar-refractivity contribution < 1.29 is 25.2 Å². The van der Waals surface area contributed by atoms with Crippen molar-refractivity contribution in [3.63, 3.8) is 0 Å². The van der Waals surface area contributed by atoms with E-state index in [0.717, 1.165) is 19.3 Å². The van der Waals surface area contributed by atoms with Crippen LogP contribution in [-0.4, -0.2) is 75.3 Å². The lowest BCUT2D eigenvalue weighted by molar-refractivity contribution is -0.320. The first-order valence-corrected chi connectivity index (χ1v) is 6.37. The van der Waals surface area contributed by atoms with E-state index in [2.05, 4.69) is 0 Å². The topological polar surface area (TPSA) is 119 Å². The van der Waals surface area contributed by atoms with Gasteiger partial charge in [-0.3, -0.25) is 10.6 Å². The molecule has 0 spiro atoms. The first kappa shape index (κ1) is 14.1. The van der Waals surface area contributed by atoms with E-state index in [4.69, 9.17) is 15.6 Å². The van der Waals surface area contributed by atoms with Gasteiger partial charge in [-0.15, -0.1) is 0 Å². The van der Waals surface area contributed by atoms with Gasteiger partial charge in [-0.05, 0) is 12.8 Å². The van der Waals surface area contributed by atoms with Crippen molar-refractivity contribution in [1.82, 2.24) is 4.90 Å². The third-order valence-electron chi connectivity index (χ3n) is 3.85. The van der Waals surface area contributed by atoms with Crippen molar-refractivity contribution in [1.29, 1.82) is 0 Å². The molecule has 1 unspecified atom stereocenters. The van der Waals surface area contributed by atoms with Gasteiger partial charge < -0.3 is 25.2 Å². The molecule has 0 aromatic heterocycles. The second-order valence-corrected chi connectivity index (χ2v) is 5.06. The number of ether oxygens (including phenoxy) is 1. The van der Waals surface area contributed by atoms with Gasteiger partial charge in [0.05, 0.1) is 6.61 Å². The zero-order chi connectivity index (χ0) is 13.3. The van der Waals surface area contributed by atoms with Crippen molar-refractivity contribution in [2.45, 2.75) is 49.5 Å². The molecule has 0 amide bonds. The van der Waals surface area contributed by atoms with E-state index in [1.807, 2.05) is 0 Å². The number of rotatable bonds is 2. The summed E-state index contributed by atoms with van der Waals surface area (Å²) in [6, 6.07) is 0. The molecule has 2 saturated heterocycles. The monoisotopic (exact) mass is 262 g/mol. The van der Waals surface area contributed by atoms with E-state index in [1.54, 1.807) is 4.90 Å². The van der Waals surface area contributed by atoms with E-state index in [1.165, 1.54) is 0 Å². The summed E-state index contributed by atoms with van der Waals surface area (Å²) in [5.74, 6) is -1.55. The number of aliphatic hydroxyl groups is 4. The van der Waals surface area contributed by atoms with Crippen LogP contribution in [0.3, 0.4) is 0 Å². The minimum absolute atomic E-state index is 0.461. The molecular formula is C11H22N2O5. The van der Waals surface area contributed by atoms with Crippen LogP contribution in [0.4, 0.5) is 0 Å². The summed E-state index contributed by atoms with van der Waals surface area (Å²) < 4.78 is 5.45. The van der Waals surface area contributed by atoms with Gasteiger partial charge in [0.2, 0.25) is 5.85 Å². The maximum Gasteiger partial charge on any atom is 0.204 e. The van der Waals surface area contributed by atoms with Crippen molar-refractivity contribution >= 4 is 0 Å². The zero-order valence-electron chi connectivity index (χ0n) is 10.3.